The van der Waals surface area contributed by atoms with Crippen LogP contribution in [0.1, 0.15) is 25.0 Å². The molecule has 0 aliphatic carbocycles. The van der Waals surface area contributed by atoms with Gasteiger partial charge in [0.1, 0.15) is 23.9 Å². The van der Waals surface area contributed by atoms with E-state index < -0.39 is 36.3 Å². The highest BCUT2D eigenvalue weighted by Gasteiger charge is 2.34. The van der Waals surface area contributed by atoms with Crippen molar-refractivity contribution < 1.29 is 55.2 Å². The smallest absolute Gasteiger partial charge is 0.488 e. The Morgan fingerprint density at radius 1 is 1.05 bits per heavy atom. The maximum Gasteiger partial charge on any atom is 0.573 e. The molecule has 0 saturated heterocycles. The quantitative estimate of drug-likeness (QED) is 0.260. The van der Waals surface area contributed by atoms with Gasteiger partial charge in [0.15, 0.2) is 6.10 Å². The minimum atomic E-state index is -5.17. The molecule has 0 aliphatic rings. The van der Waals surface area contributed by atoms with Gasteiger partial charge in [-0.15, -0.1) is 26.3 Å². The molecule has 38 heavy (non-hydrogen) atoms. The van der Waals surface area contributed by atoms with Gasteiger partial charge in [0.2, 0.25) is 0 Å². The van der Waals surface area contributed by atoms with E-state index in [1.165, 1.54) is 19.1 Å². The highest BCUT2D eigenvalue weighted by Crippen LogP contribution is 2.32. The van der Waals surface area contributed by atoms with E-state index in [0.717, 1.165) is 12.1 Å². The summed E-state index contributed by atoms with van der Waals surface area (Å²) >= 11 is 6.20. The zero-order chi connectivity index (χ0) is 28.5. The van der Waals surface area contributed by atoms with Crippen molar-refractivity contribution >= 4 is 17.6 Å². The standard InChI is InChI=1S/C25H21ClF6O6/c1-3-35-22(23(33)34)13-16-5-9-20(19(26)12-16)36-11-10-15(2)4-6-17-7-8-18(37-24(27,28)29)14-21(17)38-25(30,31)32/h5,7-10,12,14,22H,3,11,13H2,1-2H3,(H,33,34)/b15-10+/t22-/m0/s1. The number of carbonyl (C=O) groups is 1. The Bertz CT molecular complexity index is 1210. The molecular weight excluding hydrogens is 546 g/mol. The Hall–Kier alpha value is -3.56. The molecule has 2 aromatic carbocycles. The van der Waals surface area contributed by atoms with Crippen molar-refractivity contribution in [2.75, 3.05) is 13.2 Å². The van der Waals surface area contributed by atoms with E-state index in [2.05, 4.69) is 21.3 Å². The third kappa shape index (κ3) is 10.8. The van der Waals surface area contributed by atoms with Crippen molar-refractivity contribution in [1.82, 2.24) is 0 Å². The third-order valence-electron chi connectivity index (χ3n) is 4.50. The van der Waals surface area contributed by atoms with Crippen molar-refractivity contribution in [3.05, 3.63) is 64.2 Å². The Kier molecular flexibility index (Phi) is 10.7. The summed E-state index contributed by atoms with van der Waals surface area (Å²) in [6.45, 7) is 3.42. The second-order valence-corrected chi connectivity index (χ2v) is 7.86. The maximum atomic E-state index is 12.7. The summed E-state index contributed by atoms with van der Waals surface area (Å²) in [6.07, 6.45) is -9.70. The predicted octanol–water partition coefficient (Wildman–Crippen LogP) is 6.55. The number of alkyl halides is 6. The first-order chi connectivity index (χ1) is 17.7. The number of hydrogen-bond acceptors (Lipinski definition) is 5. The summed E-state index contributed by atoms with van der Waals surface area (Å²) in [7, 11) is 0. The topological polar surface area (TPSA) is 74.2 Å². The lowest BCUT2D eigenvalue weighted by molar-refractivity contribution is -0.276. The number of halogens is 7. The van der Waals surface area contributed by atoms with Crippen molar-refractivity contribution in [3.8, 4) is 29.1 Å². The van der Waals surface area contributed by atoms with Crippen LogP contribution >= 0.6 is 11.6 Å². The highest BCUT2D eigenvalue weighted by atomic mass is 35.5. The Balaban J connectivity index is 2.10. The molecule has 0 aromatic heterocycles. The fourth-order valence-electron chi connectivity index (χ4n) is 2.91. The minimum absolute atomic E-state index is 0.0272. The van der Waals surface area contributed by atoms with Gasteiger partial charge in [-0.1, -0.05) is 29.5 Å². The van der Waals surface area contributed by atoms with Gasteiger partial charge in [0.05, 0.1) is 10.6 Å². The molecule has 0 aliphatic heterocycles. The second-order valence-electron chi connectivity index (χ2n) is 7.45. The molecule has 2 rings (SSSR count). The molecule has 0 saturated carbocycles. The zero-order valence-electron chi connectivity index (χ0n) is 19.9. The van der Waals surface area contributed by atoms with E-state index in [1.807, 2.05) is 0 Å². The lowest BCUT2D eigenvalue weighted by atomic mass is 10.1. The van der Waals surface area contributed by atoms with Crippen LogP contribution in [0.15, 0.2) is 48.0 Å². The van der Waals surface area contributed by atoms with Crippen LogP contribution in [0, 0.1) is 11.8 Å². The van der Waals surface area contributed by atoms with Gasteiger partial charge < -0.3 is 24.1 Å². The lowest BCUT2D eigenvalue weighted by Gasteiger charge is -2.13. The third-order valence-corrected chi connectivity index (χ3v) is 4.79. The van der Waals surface area contributed by atoms with Crippen molar-refractivity contribution in [1.29, 1.82) is 0 Å². The lowest BCUT2D eigenvalue weighted by Crippen LogP contribution is -2.26. The molecule has 0 fully saturated rings. The number of carboxylic acids is 1. The van der Waals surface area contributed by atoms with Crippen LogP contribution in [0.25, 0.3) is 0 Å². The fourth-order valence-corrected chi connectivity index (χ4v) is 3.16. The summed E-state index contributed by atoms with van der Waals surface area (Å²) in [5.74, 6) is 2.30. The summed E-state index contributed by atoms with van der Waals surface area (Å²) in [4.78, 5) is 11.2. The molecule has 0 spiro atoms. The van der Waals surface area contributed by atoms with Gasteiger partial charge in [-0.05, 0) is 55.3 Å². The Morgan fingerprint density at radius 3 is 2.32 bits per heavy atom. The molecule has 13 heteroatoms. The largest absolute Gasteiger partial charge is 0.573 e. The van der Waals surface area contributed by atoms with Crippen molar-refractivity contribution in [3.63, 3.8) is 0 Å². The highest BCUT2D eigenvalue weighted by molar-refractivity contribution is 6.32. The second kappa shape index (κ2) is 13.3. The van der Waals surface area contributed by atoms with Gasteiger partial charge in [-0.2, -0.15) is 0 Å². The summed E-state index contributed by atoms with van der Waals surface area (Å²) < 4.78 is 93.4. The van der Waals surface area contributed by atoms with Crippen LogP contribution < -0.4 is 14.2 Å². The van der Waals surface area contributed by atoms with Crippen LogP contribution in [-0.4, -0.2) is 43.1 Å². The zero-order valence-corrected chi connectivity index (χ0v) is 20.6. The number of allylic oxidation sites excluding steroid dienone is 1. The van der Waals surface area contributed by atoms with Crippen molar-refractivity contribution in [2.45, 2.75) is 39.1 Å². The maximum absolute atomic E-state index is 12.7. The summed E-state index contributed by atoms with van der Waals surface area (Å²) in [6, 6.07) is 6.86. The van der Waals surface area contributed by atoms with E-state index in [-0.39, 0.29) is 36.0 Å². The van der Waals surface area contributed by atoms with E-state index >= 15 is 0 Å². The first-order valence-electron chi connectivity index (χ1n) is 10.8. The summed E-state index contributed by atoms with van der Waals surface area (Å²) in [5, 5.41) is 9.41. The number of hydrogen-bond donors (Lipinski definition) is 1. The van der Waals surface area contributed by atoms with Gasteiger partial charge in [0, 0.05) is 19.1 Å². The minimum Gasteiger partial charge on any atom is -0.488 e. The Morgan fingerprint density at radius 2 is 1.74 bits per heavy atom. The van der Waals surface area contributed by atoms with E-state index in [0.29, 0.717) is 17.2 Å². The molecule has 0 unspecified atom stereocenters. The van der Waals surface area contributed by atoms with Crippen LogP contribution in [0.3, 0.4) is 0 Å². The normalized spacial score (nSPS) is 12.8. The average Bonchev–Trinajstić information content (AvgIpc) is 2.77. The summed E-state index contributed by atoms with van der Waals surface area (Å²) in [5.41, 5.74) is 0.660. The number of benzene rings is 2. The van der Waals surface area contributed by atoms with Crippen LogP contribution in [0.2, 0.25) is 5.02 Å². The van der Waals surface area contributed by atoms with Gasteiger partial charge in [0.25, 0.3) is 0 Å². The van der Waals surface area contributed by atoms with E-state index in [1.54, 1.807) is 19.1 Å². The molecule has 1 N–H and O–H groups in total. The van der Waals surface area contributed by atoms with Gasteiger partial charge >= 0.3 is 18.7 Å². The van der Waals surface area contributed by atoms with E-state index in [4.69, 9.17) is 21.1 Å². The molecule has 0 heterocycles. The predicted molar refractivity (Wildman–Crippen MR) is 124 cm³/mol. The molecule has 0 radical (unpaired) electrons. The molecule has 206 valence electrons. The molecule has 0 amide bonds. The van der Waals surface area contributed by atoms with Crippen LogP contribution in [0.4, 0.5) is 26.3 Å². The SMILES string of the molecule is CCO[C@@H](Cc1ccc(OC/C=C(\C)C#Cc2ccc(OC(F)(F)F)cc2OC(F)(F)F)c(Cl)c1)C(=O)O. The molecule has 0 bridgehead atoms. The number of aliphatic carboxylic acids is 1. The molecular formula is C25H21ClF6O6. The first kappa shape index (κ1) is 30.7. The molecule has 1 atom stereocenters. The number of carboxylic acid groups (broad SMARTS) is 1. The monoisotopic (exact) mass is 566 g/mol. The number of ether oxygens (including phenoxy) is 4. The van der Waals surface area contributed by atoms with Crippen molar-refractivity contribution in [2.24, 2.45) is 0 Å². The average molecular weight is 567 g/mol. The van der Waals surface area contributed by atoms with Crippen LogP contribution in [0.5, 0.6) is 17.2 Å². The first-order valence-corrected chi connectivity index (χ1v) is 11.1. The molecule has 2 aromatic rings. The van der Waals surface area contributed by atoms with Gasteiger partial charge in [-0.3, -0.25) is 0 Å². The fraction of sp³-hybridized carbons (Fsp3) is 0.320. The van der Waals surface area contributed by atoms with E-state index in [9.17, 15) is 36.2 Å². The number of rotatable bonds is 10. The Labute approximate surface area is 218 Å². The van der Waals surface area contributed by atoms with Crippen LogP contribution in [-0.2, 0) is 16.0 Å². The van der Waals surface area contributed by atoms with Gasteiger partial charge in [-0.25, -0.2) is 4.79 Å². The molecule has 6 nitrogen and oxygen atoms in total.